The average Bonchev–Trinajstić information content (AvgIpc) is 2.59. The molecule has 0 atom stereocenters. The van der Waals surface area contributed by atoms with Crippen molar-refractivity contribution in [3.8, 4) is 5.75 Å². The number of methoxy groups -OCH3 is 1. The molecule has 0 aromatic heterocycles. The minimum atomic E-state index is -0.175. The summed E-state index contributed by atoms with van der Waals surface area (Å²) in [7, 11) is 1.62. The number of ether oxygens (including phenoxy) is 1. The van der Waals surface area contributed by atoms with Crippen LogP contribution in [0, 0.1) is 0 Å². The molecule has 118 valence electrons. The number of nitrogens with one attached hydrogen (secondary N) is 1. The van der Waals surface area contributed by atoms with Crippen LogP contribution in [-0.2, 0) is 9.59 Å². The third kappa shape index (κ3) is 3.48. The Labute approximate surface area is 138 Å². The number of nitrogens with zero attached hydrogens (tertiary/aromatic N) is 1. The van der Waals surface area contributed by atoms with E-state index in [4.69, 9.17) is 4.74 Å². The summed E-state index contributed by atoms with van der Waals surface area (Å²) in [6.45, 7) is 0.0546. The molecule has 0 aliphatic carbocycles. The van der Waals surface area contributed by atoms with Gasteiger partial charge in [-0.1, -0.05) is 12.1 Å². The molecule has 0 spiro atoms. The summed E-state index contributed by atoms with van der Waals surface area (Å²) in [5.41, 5.74) is 1.42. The summed E-state index contributed by atoms with van der Waals surface area (Å²) in [6.07, 6.45) is 0. The second-order valence-corrected chi connectivity index (χ2v) is 6.06. The van der Waals surface area contributed by atoms with E-state index in [2.05, 4.69) is 5.32 Å². The molecule has 1 heterocycles. The molecule has 0 saturated heterocycles. The SMILES string of the molecule is COc1ccc(SCC(=O)N2CC(=O)Nc3ccccc32)cc1. The lowest BCUT2D eigenvalue weighted by Gasteiger charge is -2.29. The Bertz CT molecular complexity index is 731. The maximum Gasteiger partial charge on any atom is 0.244 e. The third-order valence-corrected chi connectivity index (χ3v) is 4.49. The van der Waals surface area contributed by atoms with Crippen LogP contribution in [0.4, 0.5) is 11.4 Å². The number of amides is 2. The summed E-state index contributed by atoms with van der Waals surface area (Å²) >= 11 is 1.44. The van der Waals surface area contributed by atoms with Gasteiger partial charge in [-0.2, -0.15) is 0 Å². The van der Waals surface area contributed by atoms with Crippen molar-refractivity contribution < 1.29 is 14.3 Å². The van der Waals surface area contributed by atoms with Crippen molar-refractivity contribution >= 4 is 35.0 Å². The van der Waals surface area contributed by atoms with E-state index in [-0.39, 0.29) is 24.1 Å². The summed E-state index contributed by atoms with van der Waals surface area (Å²) < 4.78 is 5.11. The van der Waals surface area contributed by atoms with Gasteiger partial charge in [0.2, 0.25) is 11.8 Å². The maximum absolute atomic E-state index is 12.5. The number of para-hydroxylation sites is 2. The standard InChI is InChI=1S/C17H16N2O3S/c1-22-12-6-8-13(9-7-12)23-11-17(21)19-10-16(20)18-14-4-2-3-5-15(14)19/h2-9H,10-11H2,1H3,(H,18,20). The molecule has 2 aromatic carbocycles. The number of hydrogen-bond acceptors (Lipinski definition) is 4. The number of carbonyl (C=O) groups excluding carboxylic acids is 2. The Morgan fingerprint density at radius 2 is 1.96 bits per heavy atom. The van der Waals surface area contributed by atoms with E-state index in [1.165, 1.54) is 16.7 Å². The number of benzene rings is 2. The summed E-state index contributed by atoms with van der Waals surface area (Å²) in [5, 5.41) is 2.78. The molecule has 0 saturated carbocycles. The van der Waals surface area contributed by atoms with Crippen molar-refractivity contribution in [2.45, 2.75) is 4.90 Å². The van der Waals surface area contributed by atoms with E-state index >= 15 is 0 Å². The number of thioether (sulfide) groups is 1. The predicted molar refractivity (Wildman–Crippen MR) is 91.1 cm³/mol. The number of anilines is 2. The van der Waals surface area contributed by atoms with Crippen LogP contribution in [0.1, 0.15) is 0 Å². The highest BCUT2D eigenvalue weighted by Crippen LogP contribution is 2.30. The van der Waals surface area contributed by atoms with Gasteiger partial charge in [0.1, 0.15) is 12.3 Å². The molecule has 0 radical (unpaired) electrons. The van der Waals surface area contributed by atoms with Crippen LogP contribution in [0.2, 0.25) is 0 Å². The highest BCUT2D eigenvalue weighted by Gasteiger charge is 2.26. The monoisotopic (exact) mass is 328 g/mol. The van der Waals surface area contributed by atoms with Gasteiger partial charge in [0.05, 0.1) is 24.2 Å². The average molecular weight is 328 g/mol. The second kappa shape index (κ2) is 6.75. The van der Waals surface area contributed by atoms with Gasteiger partial charge in [-0.15, -0.1) is 11.8 Å². The van der Waals surface area contributed by atoms with E-state index < -0.39 is 0 Å². The first kappa shape index (κ1) is 15.4. The van der Waals surface area contributed by atoms with Crippen molar-refractivity contribution in [3.63, 3.8) is 0 Å². The minimum Gasteiger partial charge on any atom is -0.497 e. The molecule has 5 nitrogen and oxygen atoms in total. The van der Waals surface area contributed by atoms with Gasteiger partial charge in [-0.05, 0) is 36.4 Å². The molecule has 0 unspecified atom stereocenters. The molecule has 0 bridgehead atoms. The van der Waals surface area contributed by atoms with Gasteiger partial charge in [0, 0.05) is 4.90 Å². The van der Waals surface area contributed by atoms with Gasteiger partial charge in [0.15, 0.2) is 0 Å². The fourth-order valence-electron chi connectivity index (χ4n) is 2.35. The molecule has 2 amide bonds. The number of hydrogen-bond donors (Lipinski definition) is 1. The maximum atomic E-state index is 12.5. The van der Waals surface area contributed by atoms with E-state index in [9.17, 15) is 9.59 Å². The van der Waals surface area contributed by atoms with Crippen molar-refractivity contribution in [3.05, 3.63) is 48.5 Å². The molecule has 23 heavy (non-hydrogen) atoms. The predicted octanol–water partition coefficient (Wildman–Crippen LogP) is 2.77. The summed E-state index contributed by atoms with van der Waals surface area (Å²) in [5.74, 6) is 0.787. The summed E-state index contributed by atoms with van der Waals surface area (Å²) in [6, 6.07) is 14.9. The van der Waals surface area contributed by atoms with E-state index in [1.54, 1.807) is 13.2 Å². The highest BCUT2D eigenvalue weighted by molar-refractivity contribution is 8.00. The van der Waals surface area contributed by atoms with Gasteiger partial charge < -0.3 is 15.0 Å². The molecular formula is C17H16N2O3S. The van der Waals surface area contributed by atoms with Gasteiger partial charge in [-0.3, -0.25) is 9.59 Å². The first-order valence-electron chi connectivity index (χ1n) is 7.13. The topological polar surface area (TPSA) is 58.6 Å². The van der Waals surface area contributed by atoms with Crippen molar-refractivity contribution in [2.24, 2.45) is 0 Å². The minimum absolute atomic E-state index is 0.0546. The molecule has 1 aliphatic heterocycles. The summed E-state index contributed by atoms with van der Waals surface area (Å²) in [4.78, 5) is 26.8. The lowest BCUT2D eigenvalue weighted by Crippen LogP contribution is -2.43. The smallest absolute Gasteiger partial charge is 0.244 e. The highest BCUT2D eigenvalue weighted by atomic mass is 32.2. The number of rotatable bonds is 4. The van der Waals surface area contributed by atoms with Crippen molar-refractivity contribution in [1.29, 1.82) is 0 Å². The Balaban J connectivity index is 1.69. The number of carbonyl (C=O) groups is 2. The normalized spacial score (nSPS) is 13.3. The third-order valence-electron chi connectivity index (χ3n) is 3.49. The van der Waals surface area contributed by atoms with Gasteiger partial charge in [-0.25, -0.2) is 0 Å². The zero-order chi connectivity index (χ0) is 16.2. The van der Waals surface area contributed by atoms with E-state index in [1.807, 2.05) is 42.5 Å². The lowest BCUT2D eigenvalue weighted by atomic mass is 10.2. The first-order chi connectivity index (χ1) is 11.2. The molecule has 6 heteroatoms. The molecule has 3 rings (SSSR count). The molecule has 2 aromatic rings. The number of fused-ring (bicyclic) bond motifs is 1. The van der Waals surface area contributed by atoms with Crippen LogP contribution in [0.3, 0.4) is 0 Å². The fourth-order valence-corrected chi connectivity index (χ4v) is 3.13. The van der Waals surface area contributed by atoms with Gasteiger partial charge >= 0.3 is 0 Å². The molecular weight excluding hydrogens is 312 g/mol. The Kier molecular flexibility index (Phi) is 4.52. The van der Waals surface area contributed by atoms with E-state index in [0.717, 1.165) is 16.3 Å². The van der Waals surface area contributed by atoms with Crippen LogP contribution in [0.15, 0.2) is 53.4 Å². The molecule has 0 fully saturated rings. The Hall–Kier alpha value is -2.47. The van der Waals surface area contributed by atoms with Crippen molar-refractivity contribution in [1.82, 2.24) is 0 Å². The Morgan fingerprint density at radius 3 is 2.70 bits per heavy atom. The lowest BCUT2D eigenvalue weighted by molar-refractivity contribution is -0.120. The van der Waals surface area contributed by atoms with Crippen LogP contribution >= 0.6 is 11.8 Å². The second-order valence-electron chi connectivity index (χ2n) is 5.01. The zero-order valence-electron chi connectivity index (χ0n) is 12.6. The first-order valence-corrected chi connectivity index (χ1v) is 8.12. The van der Waals surface area contributed by atoms with E-state index in [0.29, 0.717) is 5.69 Å². The molecule has 1 aliphatic rings. The zero-order valence-corrected chi connectivity index (χ0v) is 13.4. The fraction of sp³-hybridized carbons (Fsp3) is 0.176. The van der Waals surface area contributed by atoms with Crippen LogP contribution in [0.5, 0.6) is 5.75 Å². The van der Waals surface area contributed by atoms with Gasteiger partial charge in [0.25, 0.3) is 0 Å². The van der Waals surface area contributed by atoms with Crippen LogP contribution < -0.4 is 15.0 Å². The quantitative estimate of drug-likeness (QED) is 0.877. The molecule has 1 N–H and O–H groups in total. The Morgan fingerprint density at radius 1 is 1.22 bits per heavy atom. The van der Waals surface area contributed by atoms with Crippen LogP contribution in [-0.4, -0.2) is 31.2 Å². The van der Waals surface area contributed by atoms with Crippen LogP contribution in [0.25, 0.3) is 0 Å². The largest absolute Gasteiger partial charge is 0.497 e. The van der Waals surface area contributed by atoms with Crippen molar-refractivity contribution in [2.75, 3.05) is 29.6 Å².